The third-order valence-electron chi connectivity index (χ3n) is 5.81. The number of ether oxygens (including phenoxy) is 1. The van der Waals surface area contributed by atoms with E-state index in [4.69, 9.17) is 15.9 Å². The Bertz CT molecular complexity index is 1110. The molecule has 9 nitrogen and oxygen atoms in total. The molecule has 2 amide bonds. The van der Waals surface area contributed by atoms with E-state index in [1.807, 2.05) is 4.90 Å². The Morgan fingerprint density at radius 2 is 1.82 bits per heavy atom. The predicted molar refractivity (Wildman–Crippen MR) is 127 cm³/mol. The lowest BCUT2D eigenvalue weighted by molar-refractivity contribution is -0.143. The number of nitrogens with zero attached hydrogens (tertiary/aromatic N) is 1. The van der Waals surface area contributed by atoms with Crippen LogP contribution in [0.5, 0.6) is 5.75 Å². The van der Waals surface area contributed by atoms with Crippen molar-refractivity contribution >= 4 is 23.6 Å². The number of likely N-dealkylation sites (tertiary alicyclic amines) is 1. The molecule has 0 spiro atoms. The summed E-state index contributed by atoms with van der Waals surface area (Å²) in [5, 5.41) is 20.8. The minimum Gasteiger partial charge on any atom is -0.508 e. The predicted octanol–water partition coefficient (Wildman–Crippen LogP) is 2.64. The van der Waals surface area contributed by atoms with Crippen LogP contribution in [0.2, 0.25) is 0 Å². The molecule has 0 aliphatic carbocycles. The standard InChI is InChI=1S/C25H30N4O5/c1-3-34-22(31)14-20(19-13-16(23(26)27)7-9-21(19)30)28-24(32)17-6-8-18(15(2)12-17)25(33)29-10-4-5-11-29/h6-9,12-13,20,30H,3-5,10-11,14H2,1-2H3,(H3,26,27)(H,28,32). The van der Waals surface area contributed by atoms with E-state index >= 15 is 0 Å². The molecule has 1 heterocycles. The highest BCUT2D eigenvalue weighted by Gasteiger charge is 2.25. The number of nitrogens with two attached hydrogens (primary N) is 1. The zero-order valence-corrected chi connectivity index (χ0v) is 19.4. The van der Waals surface area contributed by atoms with Crippen LogP contribution in [-0.4, -0.2) is 53.3 Å². The molecule has 1 unspecified atom stereocenters. The lowest BCUT2D eigenvalue weighted by Gasteiger charge is -2.21. The molecule has 9 heteroatoms. The highest BCUT2D eigenvalue weighted by molar-refractivity contribution is 5.99. The number of aryl methyl sites for hydroxylation is 1. The van der Waals surface area contributed by atoms with E-state index in [1.54, 1.807) is 32.0 Å². The van der Waals surface area contributed by atoms with Crippen molar-refractivity contribution < 1.29 is 24.2 Å². The van der Waals surface area contributed by atoms with Gasteiger partial charge in [-0.25, -0.2) is 0 Å². The molecule has 1 atom stereocenters. The first-order valence-electron chi connectivity index (χ1n) is 11.2. The topological polar surface area (TPSA) is 146 Å². The quantitative estimate of drug-likeness (QED) is 0.267. The molecular weight excluding hydrogens is 436 g/mol. The van der Waals surface area contributed by atoms with Gasteiger partial charge < -0.3 is 25.8 Å². The number of amides is 2. The second-order valence-corrected chi connectivity index (χ2v) is 8.25. The summed E-state index contributed by atoms with van der Waals surface area (Å²) in [7, 11) is 0. The van der Waals surface area contributed by atoms with Crippen molar-refractivity contribution in [3.05, 3.63) is 64.2 Å². The van der Waals surface area contributed by atoms with Gasteiger partial charge in [-0.3, -0.25) is 19.8 Å². The normalized spacial score (nSPS) is 13.9. The summed E-state index contributed by atoms with van der Waals surface area (Å²) in [5.74, 6) is -1.44. The van der Waals surface area contributed by atoms with Crippen LogP contribution in [0.1, 0.15) is 69.6 Å². The molecule has 2 aromatic carbocycles. The Hall–Kier alpha value is -3.88. The lowest BCUT2D eigenvalue weighted by Crippen LogP contribution is -2.31. The van der Waals surface area contributed by atoms with Gasteiger partial charge in [-0.15, -0.1) is 0 Å². The van der Waals surface area contributed by atoms with Gasteiger partial charge in [0.1, 0.15) is 11.6 Å². The van der Waals surface area contributed by atoms with Gasteiger partial charge in [0.2, 0.25) is 0 Å². The molecule has 1 saturated heterocycles. The number of carbonyl (C=O) groups is 3. The molecule has 5 N–H and O–H groups in total. The number of aromatic hydroxyl groups is 1. The Balaban J connectivity index is 1.86. The summed E-state index contributed by atoms with van der Waals surface area (Å²) in [6.45, 7) is 5.09. The fourth-order valence-electron chi connectivity index (χ4n) is 4.00. The van der Waals surface area contributed by atoms with Gasteiger partial charge in [0.05, 0.1) is 19.1 Å². The van der Waals surface area contributed by atoms with Crippen molar-refractivity contribution in [3.63, 3.8) is 0 Å². The third-order valence-corrected chi connectivity index (χ3v) is 5.81. The second-order valence-electron chi connectivity index (χ2n) is 8.25. The summed E-state index contributed by atoms with van der Waals surface area (Å²) in [4.78, 5) is 39.8. The second kappa shape index (κ2) is 10.8. The van der Waals surface area contributed by atoms with E-state index in [0.29, 0.717) is 22.3 Å². The van der Waals surface area contributed by atoms with Gasteiger partial charge in [0.15, 0.2) is 0 Å². The van der Waals surface area contributed by atoms with Crippen LogP contribution >= 0.6 is 0 Å². The molecule has 0 saturated carbocycles. The minimum absolute atomic E-state index is 0.0480. The van der Waals surface area contributed by atoms with E-state index in [-0.39, 0.29) is 36.1 Å². The number of nitrogen functional groups attached to an aromatic ring is 1. The van der Waals surface area contributed by atoms with Gasteiger partial charge in [-0.1, -0.05) is 0 Å². The molecule has 2 aromatic rings. The first-order valence-corrected chi connectivity index (χ1v) is 11.2. The highest BCUT2D eigenvalue weighted by Crippen LogP contribution is 2.29. The summed E-state index contributed by atoms with van der Waals surface area (Å²) in [6, 6.07) is 8.22. The van der Waals surface area contributed by atoms with Crippen LogP contribution in [0.3, 0.4) is 0 Å². The number of phenolic OH excluding ortho intramolecular Hbond substituents is 1. The smallest absolute Gasteiger partial charge is 0.308 e. The first-order chi connectivity index (χ1) is 16.2. The molecule has 34 heavy (non-hydrogen) atoms. The van der Waals surface area contributed by atoms with E-state index in [0.717, 1.165) is 25.9 Å². The van der Waals surface area contributed by atoms with Gasteiger partial charge in [-0.05, 0) is 68.7 Å². The minimum atomic E-state index is -0.919. The molecule has 0 bridgehead atoms. The number of esters is 1. The number of amidine groups is 1. The van der Waals surface area contributed by atoms with Crippen molar-refractivity contribution in [1.82, 2.24) is 10.2 Å². The number of nitrogens with one attached hydrogen (secondary N) is 2. The van der Waals surface area contributed by atoms with E-state index in [9.17, 15) is 19.5 Å². The van der Waals surface area contributed by atoms with Gasteiger partial charge in [0.25, 0.3) is 11.8 Å². The Labute approximate surface area is 198 Å². The van der Waals surface area contributed by atoms with Crippen LogP contribution in [0.15, 0.2) is 36.4 Å². The van der Waals surface area contributed by atoms with Crippen molar-refractivity contribution in [1.29, 1.82) is 5.41 Å². The number of phenols is 1. The fourth-order valence-corrected chi connectivity index (χ4v) is 4.00. The van der Waals surface area contributed by atoms with Gasteiger partial charge in [-0.2, -0.15) is 0 Å². The lowest BCUT2D eigenvalue weighted by atomic mass is 9.98. The summed E-state index contributed by atoms with van der Waals surface area (Å²) < 4.78 is 5.03. The maximum Gasteiger partial charge on any atom is 0.308 e. The molecular formula is C25H30N4O5. The Morgan fingerprint density at radius 1 is 1.15 bits per heavy atom. The van der Waals surface area contributed by atoms with Crippen molar-refractivity contribution in [3.8, 4) is 5.75 Å². The van der Waals surface area contributed by atoms with Gasteiger partial charge >= 0.3 is 5.97 Å². The molecule has 0 aromatic heterocycles. The zero-order chi connectivity index (χ0) is 24.8. The van der Waals surface area contributed by atoms with Crippen LogP contribution < -0.4 is 11.1 Å². The largest absolute Gasteiger partial charge is 0.508 e. The van der Waals surface area contributed by atoms with Crippen LogP contribution in [0, 0.1) is 12.3 Å². The molecule has 0 radical (unpaired) electrons. The average molecular weight is 467 g/mol. The monoisotopic (exact) mass is 466 g/mol. The molecule has 1 fully saturated rings. The van der Waals surface area contributed by atoms with E-state index in [2.05, 4.69) is 5.32 Å². The number of carbonyl (C=O) groups excluding carboxylic acids is 3. The SMILES string of the molecule is CCOC(=O)CC(NC(=O)c1ccc(C(=O)N2CCCC2)c(C)c1)c1cc(C(=N)N)ccc1O. The zero-order valence-electron chi connectivity index (χ0n) is 19.4. The summed E-state index contributed by atoms with van der Waals surface area (Å²) in [5.41, 5.74) is 7.69. The molecule has 180 valence electrons. The van der Waals surface area contributed by atoms with Gasteiger partial charge in [0, 0.05) is 35.3 Å². The Morgan fingerprint density at radius 3 is 2.44 bits per heavy atom. The molecule has 1 aliphatic heterocycles. The van der Waals surface area contributed by atoms with E-state index in [1.165, 1.54) is 18.2 Å². The fraction of sp³-hybridized carbons (Fsp3) is 0.360. The van der Waals surface area contributed by atoms with Crippen LogP contribution in [0.4, 0.5) is 0 Å². The Kier molecular flexibility index (Phi) is 7.88. The number of hydrogen-bond acceptors (Lipinski definition) is 6. The molecule has 1 aliphatic rings. The molecule has 3 rings (SSSR count). The summed E-state index contributed by atoms with van der Waals surface area (Å²) >= 11 is 0. The van der Waals surface area contributed by atoms with Crippen molar-refractivity contribution in [2.45, 2.75) is 39.2 Å². The van der Waals surface area contributed by atoms with Crippen LogP contribution in [0.25, 0.3) is 0 Å². The first kappa shape index (κ1) is 24.8. The number of hydrogen-bond donors (Lipinski definition) is 4. The van der Waals surface area contributed by atoms with Crippen molar-refractivity contribution in [2.24, 2.45) is 5.73 Å². The van der Waals surface area contributed by atoms with E-state index < -0.39 is 17.9 Å². The van der Waals surface area contributed by atoms with Crippen molar-refractivity contribution in [2.75, 3.05) is 19.7 Å². The number of benzene rings is 2. The maximum atomic E-state index is 13.1. The summed E-state index contributed by atoms with van der Waals surface area (Å²) in [6.07, 6.45) is 1.76. The van der Waals surface area contributed by atoms with Crippen LogP contribution in [-0.2, 0) is 9.53 Å². The number of rotatable bonds is 8. The maximum absolute atomic E-state index is 13.1. The third kappa shape index (κ3) is 5.72. The average Bonchev–Trinajstić information content (AvgIpc) is 3.33. The highest BCUT2D eigenvalue weighted by atomic mass is 16.5.